The molecule has 0 heterocycles. The molecule has 0 amide bonds. The van der Waals surface area contributed by atoms with Crippen molar-refractivity contribution >= 4 is 9.28 Å². The van der Waals surface area contributed by atoms with Crippen molar-refractivity contribution in [2.45, 2.75) is 64.8 Å². The molecule has 1 aromatic carbocycles. The van der Waals surface area contributed by atoms with E-state index in [2.05, 4.69) is 13.8 Å². The van der Waals surface area contributed by atoms with Gasteiger partial charge in [0.25, 0.3) is 0 Å². The number of hydrogen-bond donors (Lipinski definition) is 0. The Morgan fingerprint density at radius 1 is 0.792 bits per heavy atom. The number of aryl methyl sites for hydroxylation is 1. The van der Waals surface area contributed by atoms with Gasteiger partial charge in [-0.05, 0) is 43.4 Å². The highest BCUT2D eigenvalue weighted by Gasteiger charge is 2.14. The largest absolute Gasteiger partial charge is 0.393 e. The molecule has 0 spiro atoms. The van der Waals surface area contributed by atoms with Crippen molar-refractivity contribution in [1.29, 1.82) is 0 Å². The van der Waals surface area contributed by atoms with Gasteiger partial charge in [-0.25, -0.2) is 13.2 Å². The molecular weight excluding hydrogens is 333 g/mol. The minimum Gasteiger partial charge on any atom is -0.393 e. The second-order valence-corrected chi connectivity index (χ2v) is 7.66. The molecule has 0 saturated carbocycles. The molecular formula is C18H28F3O2Si. The first-order chi connectivity index (χ1) is 11.6. The summed E-state index contributed by atoms with van der Waals surface area (Å²) in [4.78, 5) is 0. The van der Waals surface area contributed by atoms with Crippen LogP contribution in [0.2, 0.25) is 6.04 Å². The van der Waals surface area contributed by atoms with Gasteiger partial charge in [0.2, 0.25) is 0 Å². The van der Waals surface area contributed by atoms with Crippen molar-refractivity contribution < 1.29 is 22.0 Å². The average molecular weight is 362 g/mol. The maximum Gasteiger partial charge on any atom is 0.384 e. The molecule has 0 unspecified atom stereocenters. The summed E-state index contributed by atoms with van der Waals surface area (Å²) in [6.45, 7) is 5.65. The van der Waals surface area contributed by atoms with Gasteiger partial charge in [-0.3, -0.25) is 0 Å². The Morgan fingerprint density at radius 3 is 2.00 bits per heavy atom. The van der Waals surface area contributed by atoms with E-state index in [1.165, 1.54) is 0 Å². The van der Waals surface area contributed by atoms with Crippen molar-refractivity contribution in [1.82, 2.24) is 0 Å². The van der Waals surface area contributed by atoms with Gasteiger partial charge in [0.1, 0.15) is 5.82 Å². The highest BCUT2D eigenvalue weighted by Crippen LogP contribution is 2.17. The van der Waals surface area contributed by atoms with Crippen LogP contribution in [0.3, 0.4) is 0 Å². The van der Waals surface area contributed by atoms with Gasteiger partial charge in [-0.1, -0.05) is 33.1 Å². The molecule has 0 bridgehead atoms. The fourth-order valence-corrected chi connectivity index (χ4v) is 4.09. The molecule has 0 aromatic heterocycles. The standard InChI is InChI=1S/C18H28F3O2Si/c1-3-10-22-24(23-11-4-2)12-8-6-5-7-9-15-13-17(20)18(21)14-16(15)19/h13-14H,3-12H2,1-2H3. The van der Waals surface area contributed by atoms with Gasteiger partial charge in [0.05, 0.1) is 0 Å². The number of hydrogen-bond acceptors (Lipinski definition) is 2. The summed E-state index contributed by atoms with van der Waals surface area (Å²) < 4.78 is 51.0. The maximum absolute atomic E-state index is 13.5. The number of benzene rings is 1. The number of rotatable bonds is 13. The summed E-state index contributed by atoms with van der Waals surface area (Å²) in [5.41, 5.74) is 0.246. The smallest absolute Gasteiger partial charge is 0.384 e. The van der Waals surface area contributed by atoms with Crippen LogP contribution in [0.25, 0.3) is 0 Å². The maximum atomic E-state index is 13.5. The van der Waals surface area contributed by atoms with Gasteiger partial charge in [-0.2, -0.15) is 0 Å². The Morgan fingerprint density at radius 2 is 1.38 bits per heavy atom. The predicted octanol–water partition coefficient (Wildman–Crippen LogP) is 5.55. The molecule has 1 rings (SSSR count). The van der Waals surface area contributed by atoms with Crippen LogP contribution in [0.5, 0.6) is 0 Å². The third kappa shape index (κ3) is 8.31. The monoisotopic (exact) mass is 361 g/mol. The lowest BCUT2D eigenvalue weighted by Crippen LogP contribution is -2.23. The van der Waals surface area contributed by atoms with Gasteiger partial charge >= 0.3 is 9.28 Å². The van der Waals surface area contributed by atoms with E-state index < -0.39 is 26.7 Å². The summed E-state index contributed by atoms with van der Waals surface area (Å²) in [5.74, 6) is -2.79. The van der Waals surface area contributed by atoms with Crippen LogP contribution >= 0.6 is 0 Å². The second-order valence-electron chi connectivity index (χ2n) is 5.84. The van der Waals surface area contributed by atoms with Gasteiger partial charge < -0.3 is 8.85 Å². The molecule has 0 N–H and O–H groups in total. The van der Waals surface area contributed by atoms with Crippen LogP contribution in [0.4, 0.5) is 13.2 Å². The third-order valence-corrected chi connectivity index (χ3v) is 5.41. The second kappa shape index (κ2) is 12.5. The van der Waals surface area contributed by atoms with Crippen molar-refractivity contribution in [3.63, 3.8) is 0 Å². The molecule has 0 aliphatic heterocycles. The lowest BCUT2D eigenvalue weighted by atomic mass is 10.1. The van der Waals surface area contributed by atoms with Gasteiger partial charge in [0.15, 0.2) is 11.6 Å². The van der Waals surface area contributed by atoms with E-state index in [0.29, 0.717) is 12.5 Å². The lowest BCUT2D eigenvalue weighted by molar-refractivity contribution is 0.195. The number of unbranched alkanes of at least 4 members (excludes halogenated alkanes) is 3. The number of halogens is 3. The summed E-state index contributed by atoms with van der Waals surface area (Å²) in [6.07, 6.45) is 6.11. The molecule has 2 nitrogen and oxygen atoms in total. The third-order valence-electron chi connectivity index (χ3n) is 3.60. The Hall–Kier alpha value is -0.853. The molecule has 1 aromatic rings. The van der Waals surface area contributed by atoms with E-state index in [1.807, 2.05) is 0 Å². The zero-order valence-electron chi connectivity index (χ0n) is 14.7. The molecule has 137 valence electrons. The summed E-state index contributed by atoms with van der Waals surface area (Å²) in [7, 11) is -1.18. The van der Waals surface area contributed by atoms with E-state index in [0.717, 1.165) is 63.8 Å². The van der Waals surface area contributed by atoms with E-state index >= 15 is 0 Å². The first kappa shape index (κ1) is 21.2. The van der Waals surface area contributed by atoms with E-state index in [1.54, 1.807) is 0 Å². The van der Waals surface area contributed by atoms with E-state index in [-0.39, 0.29) is 5.56 Å². The fourth-order valence-electron chi connectivity index (χ4n) is 2.31. The van der Waals surface area contributed by atoms with Crippen LogP contribution < -0.4 is 0 Å². The molecule has 0 aliphatic rings. The Labute approximate surface area is 145 Å². The highest BCUT2D eigenvalue weighted by molar-refractivity contribution is 6.44. The average Bonchev–Trinajstić information content (AvgIpc) is 2.56. The van der Waals surface area contributed by atoms with Crippen LogP contribution in [0.15, 0.2) is 12.1 Å². The fraction of sp³-hybridized carbons (Fsp3) is 0.667. The van der Waals surface area contributed by atoms with Gasteiger partial charge in [-0.15, -0.1) is 0 Å². The minimum absolute atomic E-state index is 0.246. The minimum atomic E-state index is -1.18. The normalized spacial score (nSPS) is 11.4. The quantitative estimate of drug-likeness (QED) is 0.261. The zero-order chi connectivity index (χ0) is 17.8. The Bertz CT molecular complexity index is 464. The van der Waals surface area contributed by atoms with E-state index in [9.17, 15) is 13.2 Å². The van der Waals surface area contributed by atoms with E-state index in [4.69, 9.17) is 8.85 Å². The van der Waals surface area contributed by atoms with Crippen LogP contribution in [0.1, 0.15) is 57.9 Å². The topological polar surface area (TPSA) is 18.5 Å². The molecule has 0 fully saturated rings. The molecule has 1 radical (unpaired) electrons. The highest BCUT2D eigenvalue weighted by atomic mass is 28.3. The molecule has 0 saturated heterocycles. The molecule has 0 aliphatic carbocycles. The lowest BCUT2D eigenvalue weighted by Gasteiger charge is -2.14. The Balaban J connectivity index is 2.21. The summed E-state index contributed by atoms with van der Waals surface area (Å²) in [6, 6.07) is 2.53. The molecule has 24 heavy (non-hydrogen) atoms. The first-order valence-electron chi connectivity index (χ1n) is 8.83. The zero-order valence-corrected chi connectivity index (χ0v) is 15.7. The first-order valence-corrected chi connectivity index (χ1v) is 10.4. The van der Waals surface area contributed by atoms with Gasteiger partial charge in [0, 0.05) is 19.3 Å². The molecule has 6 heteroatoms. The Kier molecular flexibility index (Phi) is 11.0. The van der Waals surface area contributed by atoms with Crippen molar-refractivity contribution in [3.8, 4) is 0 Å². The van der Waals surface area contributed by atoms with Crippen molar-refractivity contribution in [2.75, 3.05) is 13.2 Å². The van der Waals surface area contributed by atoms with Crippen LogP contribution in [-0.4, -0.2) is 22.5 Å². The molecule has 0 atom stereocenters. The van der Waals surface area contributed by atoms with Crippen molar-refractivity contribution in [3.05, 3.63) is 35.1 Å². The summed E-state index contributed by atoms with van der Waals surface area (Å²) >= 11 is 0. The predicted molar refractivity (Wildman–Crippen MR) is 91.5 cm³/mol. The van der Waals surface area contributed by atoms with Crippen LogP contribution in [-0.2, 0) is 15.3 Å². The SMILES string of the molecule is CCCO[Si](CCCCCCc1cc(F)c(F)cc1F)OCCC. The van der Waals surface area contributed by atoms with Crippen LogP contribution in [0, 0.1) is 17.5 Å². The van der Waals surface area contributed by atoms with Crippen molar-refractivity contribution in [2.24, 2.45) is 0 Å². The summed E-state index contributed by atoms with van der Waals surface area (Å²) in [5, 5.41) is 0.